The molecule has 1 aromatic carbocycles. The largest absolute Gasteiger partial charge is 0.341 e. The Bertz CT molecular complexity index is 610. The molecule has 2 saturated heterocycles. The summed E-state index contributed by atoms with van der Waals surface area (Å²) in [7, 11) is 0. The van der Waals surface area contributed by atoms with Gasteiger partial charge in [-0.1, -0.05) is 29.3 Å². The fourth-order valence-electron chi connectivity index (χ4n) is 3.96. The van der Waals surface area contributed by atoms with Gasteiger partial charge in [0.25, 0.3) is 0 Å². The van der Waals surface area contributed by atoms with Crippen molar-refractivity contribution in [3.63, 3.8) is 0 Å². The normalized spacial score (nSPS) is 32.2. The smallest absolute Gasteiger partial charge is 0.226 e. The van der Waals surface area contributed by atoms with Crippen molar-refractivity contribution in [2.45, 2.75) is 43.7 Å². The summed E-state index contributed by atoms with van der Waals surface area (Å²) in [6.07, 6.45) is 4.50. The van der Waals surface area contributed by atoms with Crippen molar-refractivity contribution in [2.24, 2.45) is 5.92 Å². The second kappa shape index (κ2) is 6.79. The highest BCUT2D eigenvalue weighted by Crippen LogP contribution is 2.49. The average molecular weight is 376 g/mol. The topological polar surface area (TPSA) is 32.3 Å². The maximum atomic E-state index is 12.8. The van der Waals surface area contributed by atoms with E-state index in [9.17, 15) is 4.79 Å². The third-order valence-electron chi connectivity index (χ3n) is 5.31. The molecule has 4 unspecified atom stereocenters. The molecule has 3 fully saturated rings. The van der Waals surface area contributed by atoms with Crippen LogP contribution in [-0.2, 0) is 4.79 Å². The van der Waals surface area contributed by atoms with Crippen LogP contribution < -0.4 is 5.32 Å². The van der Waals surface area contributed by atoms with E-state index in [4.69, 9.17) is 23.2 Å². The summed E-state index contributed by atoms with van der Waals surface area (Å²) in [6, 6.07) is 6.85. The predicted octanol–water partition coefficient (Wildman–Crippen LogP) is 3.87. The number of halogens is 3. The summed E-state index contributed by atoms with van der Waals surface area (Å²) in [5.41, 5.74) is 1.14. The van der Waals surface area contributed by atoms with Gasteiger partial charge in [-0.25, -0.2) is 0 Å². The van der Waals surface area contributed by atoms with Crippen molar-refractivity contribution >= 4 is 41.5 Å². The average Bonchev–Trinajstić information content (AvgIpc) is 3.20. The Balaban J connectivity index is 0.00000156. The Hall–Kier alpha value is -0.480. The maximum absolute atomic E-state index is 12.8. The van der Waals surface area contributed by atoms with Crippen LogP contribution in [0.4, 0.5) is 0 Å². The lowest BCUT2D eigenvalue weighted by atomic mass is 10.1. The van der Waals surface area contributed by atoms with Gasteiger partial charge in [0.05, 0.1) is 10.0 Å². The summed E-state index contributed by atoms with van der Waals surface area (Å²) in [5, 5.41) is 4.78. The number of hydrogen-bond acceptors (Lipinski definition) is 2. The maximum Gasteiger partial charge on any atom is 0.226 e. The molecular formula is C17H21Cl3N2O. The van der Waals surface area contributed by atoms with Crippen LogP contribution in [0.25, 0.3) is 0 Å². The van der Waals surface area contributed by atoms with Gasteiger partial charge in [-0.05, 0) is 49.3 Å². The number of likely N-dealkylation sites (tertiary alicyclic amines) is 1. The van der Waals surface area contributed by atoms with E-state index in [-0.39, 0.29) is 18.3 Å². The Morgan fingerprint density at radius 3 is 2.70 bits per heavy atom. The van der Waals surface area contributed by atoms with Crippen LogP contribution in [0, 0.1) is 5.92 Å². The van der Waals surface area contributed by atoms with E-state index in [2.05, 4.69) is 10.2 Å². The molecule has 1 aromatic rings. The standard InChI is InChI=1S/C17H20Cl2N2O.ClH/c18-15-4-1-10(7-16(15)19)13-8-14(13)17(22)21-6-5-11-2-3-12(9-21)20-11;/h1,4,7,11-14,20H,2-3,5-6,8-9H2;1H. The molecule has 1 saturated carbocycles. The van der Waals surface area contributed by atoms with Crippen LogP contribution in [0.2, 0.25) is 10.0 Å². The number of benzene rings is 1. The van der Waals surface area contributed by atoms with E-state index in [1.54, 1.807) is 0 Å². The minimum absolute atomic E-state index is 0. The Labute approximate surface area is 153 Å². The zero-order valence-corrected chi connectivity index (χ0v) is 15.1. The number of nitrogens with zero attached hydrogens (tertiary/aromatic N) is 1. The van der Waals surface area contributed by atoms with Gasteiger partial charge >= 0.3 is 0 Å². The molecular weight excluding hydrogens is 355 g/mol. The molecule has 2 aliphatic heterocycles. The minimum atomic E-state index is 0. The first-order chi connectivity index (χ1) is 10.6. The van der Waals surface area contributed by atoms with Gasteiger partial charge in [0.15, 0.2) is 0 Å². The van der Waals surface area contributed by atoms with Crippen LogP contribution in [0.1, 0.15) is 37.2 Å². The van der Waals surface area contributed by atoms with Gasteiger partial charge in [0, 0.05) is 31.1 Å². The number of rotatable bonds is 2. The van der Waals surface area contributed by atoms with E-state index in [1.165, 1.54) is 12.8 Å². The Kier molecular flexibility index (Phi) is 5.12. The monoisotopic (exact) mass is 374 g/mol. The second-order valence-electron chi connectivity index (χ2n) is 6.83. The van der Waals surface area contributed by atoms with E-state index >= 15 is 0 Å². The molecule has 3 aliphatic rings. The third kappa shape index (κ3) is 3.48. The molecule has 126 valence electrons. The van der Waals surface area contributed by atoms with Gasteiger partial charge in [0.2, 0.25) is 5.91 Å². The summed E-state index contributed by atoms with van der Waals surface area (Å²) in [5.74, 6) is 0.773. The first-order valence-electron chi connectivity index (χ1n) is 8.11. The van der Waals surface area contributed by atoms with Gasteiger partial charge < -0.3 is 10.2 Å². The molecule has 0 aromatic heterocycles. The molecule has 1 aliphatic carbocycles. The summed E-state index contributed by atoms with van der Waals surface area (Å²) >= 11 is 12.1. The fraction of sp³-hybridized carbons (Fsp3) is 0.588. The first-order valence-corrected chi connectivity index (χ1v) is 8.87. The molecule has 0 radical (unpaired) electrons. The van der Waals surface area contributed by atoms with Crippen molar-refractivity contribution in [2.75, 3.05) is 13.1 Å². The number of carbonyl (C=O) groups excluding carboxylic acids is 1. The molecule has 2 bridgehead atoms. The number of nitrogens with one attached hydrogen (secondary N) is 1. The number of fused-ring (bicyclic) bond motifs is 2. The van der Waals surface area contributed by atoms with Crippen LogP contribution in [0.3, 0.4) is 0 Å². The van der Waals surface area contributed by atoms with Gasteiger partial charge in [-0.3, -0.25) is 4.79 Å². The van der Waals surface area contributed by atoms with Crippen LogP contribution in [-0.4, -0.2) is 36.0 Å². The molecule has 1 amide bonds. The molecule has 2 heterocycles. The third-order valence-corrected chi connectivity index (χ3v) is 6.05. The Morgan fingerprint density at radius 2 is 1.91 bits per heavy atom. The fourth-order valence-corrected chi connectivity index (χ4v) is 4.26. The van der Waals surface area contributed by atoms with Gasteiger partial charge in [-0.2, -0.15) is 0 Å². The number of carbonyl (C=O) groups is 1. The Morgan fingerprint density at radius 1 is 1.13 bits per heavy atom. The van der Waals surface area contributed by atoms with Crippen LogP contribution in [0.5, 0.6) is 0 Å². The summed E-state index contributed by atoms with van der Waals surface area (Å²) < 4.78 is 0. The van der Waals surface area contributed by atoms with E-state index in [1.807, 2.05) is 18.2 Å². The molecule has 0 spiro atoms. The molecule has 3 nitrogen and oxygen atoms in total. The van der Waals surface area contributed by atoms with Crippen molar-refractivity contribution in [1.29, 1.82) is 0 Å². The molecule has 4 rings (SSSR count). The first kappa shape index (κ1) is 17.3. The lowest BCUT2D eigenvalue weighted by molar-refractivity contribution is -0.132. The number of hydrogen-bond donors (Lipinski definition) is 1. The lowest BCUT2D eigenvalue weighted by Gasteiger charge is -2.24. The summed E-state index contributed by atoms with van der Waals surface area (Å²) in [4.78, 5) is 14.8. The quantitative estimate of drug-likeness (QED) is 0.851. The highest BCUT2D eigenvalue weighted by Gasteiger charge is 2.46. The summed E-state index contributed by atoms with van der Waals surface area (Å²) in [6.45, 7) is 1.78. The van der Waals surface area contributed by atoms with E-state index in [0.29, 0.717) is 34.0 Å². The van der Waals surface area contributed by atoms with Crippen molar-refractivity contribution in [1.82, 2.24) is 10.2 Å². The second-order valence-corrected chi connectivity index (χ2v) is 7.65. The minimum Gasteiger partial charge on any atom is -0.341 e. The molecule has 23 heavy (non-hydrogen) atoms. The van der Waals surface area contributed by atoms with Gasteiger partial charge in [-0.15, -0.1) is 12.4 Å². The lowest BCUT2D eigenvalue weighted by Crippen LogP contribution is -2.40. The van der Waals surface area contributed by atoms with E-state index < -0.39 is 0 Å². The van der Waals surface area contributed by atoms with Crippen molar-refractivity contribution in [3.8, 4) is 0 Å². The highest BCUT2D eigenvalue weighted by molar-refractivity contribution is 6.42. The van der Waals surface area contributed by atoms with Crippen LogP contribution in [0.15, 0.2) is 18.2 Å². The molecule has 6 heteroatoms. The molecule has 4 atom stereocenters. The zero-order valence-electron chi connectivity index (χ0n) is 12.8. The van der Waals surface area contributed by atoms with Crippen molar-refractivity contribution < 1.29 is 4.79 Å². The SMILES string of the molecule is Cl.O=C(C1CC1c1ccc(Cl)c(Cl)c1)N1CCC2CCC(C1)N2. The van der Waals surface area contributed by atoms with E-state index in [0.717, 1.165) is 31.5 Å². The van der Waals surface area contributed by atoms with Gasteiger partial charge in [0.1, 0.15) is 0 Å². The molecule has 1 N–H and O–H groups in total. The predicted molar refractivity (Wildman–Crippen MR) is 95.7 cm³/mol. The van der Waals surface area contributed by atoms with Crippen molar-refractivity contribution in [3.05, 3.63) is 33.8 Å². The highest BCUT2D eigenvalue weighted by atomic mass is 35.5. The zero-order chi connectivity index (χ0) is 15.3. The van der Waals surface area contributed by atoms with Crippen LogP contribution >= 0.6 is 35.6 Å². The number of amides is 1.